The number of ether oxygens (including phenoxy) is 1. The zero-order valence-electron chi connectivity index (χ0n) is 11.1. The lowest BCUT2D eigenvalue weighted by molar-refractivity contribution is -0.134. The first-order valence-corrected chi connectivity index (χ1v) is 7.46. The van der Waals surface area contributed by atoms with Gasteiger partial charge in [0.05, 0.1) is 5.56 Å². The van der Waals surface area contributed by atoms with E-state index in [-0.39, 0.29) is 0 Å². The first-order chi connectivity index (χ1) is 9.98. The maximum atomic E-state index is 12.4. The maximum absolute atomic E-state index is 12.4. The van der Waals surface area contributed by atoms with Gasteiger partial charge in [-0.25, -0.2) is 9.78 Å². The van der Waals surface area contributed by atoms with Crippen molar-refractivity contribution in [2.45, 2.75) is 18.9 Å². The monoisotopic (exact) mass is 322 g/mol. The molecule has 1 aliphatic heterocycles. The van der Waals surface area contributed by atoms with E-state index in [1.165, 1.54) is 11.3 Å². The van der Waals surface area contributed by atoms with Crippen LogP contribution in [0, 0.1) is 0 Å². The van der Waals surface area contributed by atoms with Crippen LogP contribution in [0.2, 0.25) is 5.02 Å². The summed E-state index contributed by atoms with van der Waals surface area (Å²) < 4.78 is 5.33. The number of halogens is 1. The Bertz CT molecular complexity index is 717. The molecule has 7 heteroatoms. The lowest BCUT2D eigenvalue weighted by atomic mass is 9.89. The average molecular weight is 323 g/mol. The Morgan fingerprint density at radius 1 is 1.52 bits per heavy atom. The number of benzene rings is 1. The third-order valence-corrected chi connectivity index (χ3v) is 4.19. The number of esters is 1. The van der Waals surface area contributed by atoms with Crippen molar-refractivity contribution in [1.82, 2.24) is 4.98 Å². The van der Waals surface area contributed by atoms with Gasteiger partial charge in [-0.05, 0) is 24.6 Å². The van der Waals surface area contributed by atoms with Crippen LogP contribution in [-0.2, 0) is 16.0 Å². The number of hydrogen-bond acceptors (Lipinski definition) is 5. The van der Waals surface area contributed by atoms with Crippen LogP contribution in [0.1, 0.15) is 22.8 Å². The number of carbonyl (C=O) groups excluding carboxylic acids is 2. The van der Waals surface area contributed by atoms with Crippen LogP contribution in [0.15, 0.2) is 29.8 Å². The Hall–Kier alpha value is -1.92. The SMILES string of the molecule is C[C@@]1(C(=O)Nc2nccs2)Cc2ccc(Cl)cc2C(=O)O1. The summed E-state index contributed by atoms with van der Waals surface area (Å²) in [7, 11) is 0. The zero-order valence-corrected chi connectivity index (χ0v) is 12.6. The number of carbonyl (C=O) groups is 2. The molecule has 0 bridgehead atoms. The van der Waals surface area contributed by atoms with Crippen molar-refractivity contribution in [3.05, 3.63) is 45.9 Å². The van der Waals surface area contributed by atoms with E-state index in [0.29, 0.717) is 22.1 Å². The molecule has 0 spiro atoms. The topological polar surface area (TPSA) is 68.3 Å². The Kier molecular flexibility index (Phi) is 3.43. The Balaban J connectivity index is 1.88. The second-order valence-corrected chi connectivity index (χ2v) is 6.22. The van der Waals surface area contributed by atoms with Crippen LogP contribution in [-0.4, -0.2) is 22.5 Å². The van der Waals surface area contributed by atoms with Crippen LogP contribution < -0.4 is 5.32 Å². The summed E-state index contributed by atoms with van der Waals surface area (Å²) in [5.74, 6) is -0.943. The van der Waals surface area contributed by atoms with Gasteiger partial charge >= 0.3 is 5.97 Å². The highest BCUT2D eigenvalue weighted by molar-refractivity contribution is 7.13. The fraction of sp³-hybridized carbons (Fsp3) is 0.214. The predicted octanol–water partition coefficient (Wildman–Crippen LogP) is 2.91. The second kappa shape index (κ2) is 5.13. The highest BCUT2D eigenvalue weighted by Crippen LogP contribution is 2.31. The smallest absolute Gasteiger partial charge is 0.339 e. The van der Waals surface area contributed by atoms with Gasteiger partial charge in [-0.2, -0.15) is 0 Å². The number of thiazole rings is 1. The number of fused-ring (bicyclic) bond motifs is 1. The molecule has 108 valence electrons. The zero-order chi connectivity index (χ0) is 15.0. The van der Waals surface area contributed by atoms with E-state index in [9.17, 15) is 9.59 Å². The van der Waals surface area contributed by atoms with Crippen molar-refractivity contribution in [3.63, 3.8) is 0 Å². The number of anilines is 1. The minimum atomic E-state index is -1.26. The molecule has 2 heterocycles. The molecule has 1 aliphatic rings. The summed E-state index contributed by atoms with van der Waals surface area (Å²) in [6.07, 6.45) is 1.88. The number of nitrogens with one attached hydrogen (secondary N) is 1. The van der Waals surface area contributed by atoms with Gasteiger partial charge in [-0.1, -0.05) is 17.7 Å². The number of rotatable bonds is 2. The molecule has 0 radical (unpaired) electrons. The van der Waals surface area contributed by atoms with Crippen LogP contribution in [0.5, 0.6) is 0 Å². The molecule has 1 aromatic heterocycles. The van der Waals surface area contributed by atoms with Crippen LogP contribution in [0.3, 0.4) is 0 Å². The molecule has 1 atom stereocenters. The van der Waals surface area contributed by atoms with Crippen molar-refractivity contribution in [2.75, 3.05) is 5.32 Å². The van der Waals surface area contributed by atoms with Crippen molar-refractivity contribution in [3.8, 4) is 0 Å². The molecule has 0 saturated heterocycles. The fourth-order valence-electron chi connectivity index (χ4n) is 2.19. The normalized spacial score (nSPS) is 20.6. The molecule has 0 saturated carbocycles. The van der Waals surface area contributed by atoms with Gasteiger partial charge in [0.15, 0.2) is 10.7 Å². The number of aromatic nitrogens is 1. The Morgan fingerprint density at radius 3 is 3.05 bits per heavy atom. The lowest BCUT2D eigenvalue weighted by Gasteiger charge is -2.32. The van der Waals surface area contributed by atoms with Gasteiger partial charge in [-0.15, -0.1) is 11.3 Å². The van der Waals surface area contributed by atoms with E-state index in [4.69, 9.17) is 16.3 Å². The molecule has 0 unspecified atom stereocenters. The van der Waals surface area contributed by atoms with Crippen LogP contribution in [0.25, 0.3) is 0 Å². The molecule has 5 nitrogen and oxygen atoms in total. The summed E-state index contributed by atoms with van der Waals surface area (Å²) in [6.45, 7) is 1.59. The van der Waals surface area contributed by atoms with E-state index in [1.807, 2.05) is 0 Å². The van der Waals surface area contributed by atoms with Gasteiger partial charge in [0.2, 0.25) is 0 Å². The molecule has 1 N–H and O–H groups in total. The van der Waals surface area contributed by atoms with Crippen molar-refractivity contribution < 1.29 is 14.3 Å². The number of amides is 1. The predicted molar refractivity (Wildman–Crippen MR) is 79.7 cm³/mol. The van der Waals surface area contributed by atoms with Gasteiger partial charge in [0, 0.05) is 23.0 Å². The van der Waals surface area contributed by atoms with E-state index < -0.39 is 17.5 Å². The third-order valence-electron chi connectivity index (χ3n) is 3.27. The first-order valence-electron chi connectivity index (χ1n) is 6.21. The molecule has 21 heavy (non-hydrogen) atoms. The summed E-state index contributed by atoms with van der Waals surface area (Å²) in [4.78, 5) is 28.4. The molecule has 0 aliphatic carbocycles. The molecule has 0 fully saturated rings. The number of hydrogen-bond donors (Lipinski definition) is 1. The van der Waals surface area contributed by atoms with Crippen LogP contribution in [0.4, 0.5) is 5.13 Å². The summed E-state index contributed by atoms with van der Waals surface area (Å²) >= 11 is 7.18. The van der Waals surface area contributed by atoms with Crippen LogP contribution >= 0.6 is 22.9 Å². The Morgan fingerprint density at radius 2 is 2.33 bits per heavy atom. The van der Waals surface area contributed by atoms with E-state index >= 15 is 0 Å². The van der Waals surface area contributed by atoms with Gasteiger partial charge < -0.3 is 4.74 Å². The molecule has 1 amide bonds. The summed E-state index contributed by atoms with van der Waals surface area (Å²) in [5, 5.41) is 5.34. The minimum Gasteiger partial charge on any atom is -0.445 e. The van der Waals surface area contributed by atoms with E-state index in [0.717, 1.165) is 5.56 Å². The summed E-state index contributed by atoms with van der Waals surface area (Å²) in [6, 6.07) is 4.99. The van der Waals surface area contributed by atoms with Crippen molar-refractivity contribution in [1.29, 1.82) is 0 Å². The largest absolute Gasteiger partial charge is 0.445 e. The first kappa shape index (κ1) is 14.0. The maximum Gasteiger partial charge on any atom is 0.339 e. The van der Waals surface area contributed by atoms with E-state index in [1.54, 1.807) is 36.7 Å². The second-order valence-electron chi connectivity index (χ2n) is 4.89. The van der Waals surface area contributed by atoms with Gasteiger partial charge in [0.1, 0.15) is 0 Å². The quantitative estimate of drug-likeness (QED) is 0.863. The minimum absolute atomic E-state index is 0.294. The Labute approximate surface area is 129 Å². The molecule has 2 aromatic rings. The number of cyclic esters (lactones) is 1. The number of nitrogens with zero attached hydrogens (tertiary/aromatic N) is 1. The fourth-order valence-corrected chi connectivity index (χ4v) is 2.89. The molecule has 1 aromatic carbocycles. The molecular formula is C14H11ClN2O3S. The lowest BCUT2D eigenvalue weighted by Crippen LogP contribution is -2.48. The average Bonchev–Trinajstić information content (AvgIpc) is 2.92. The van der Waals surface area contributed by atoms with Gasteiger partial charge in [0.25, 0.3) is 5.91 Å². The van der Waals surface area contributed by atoms with Crippen molar-refractivity contribution in [2.24, 2.45) is 0 Å². The highest BCUT2D eigenvalue weighted by Gasteiger charge is 2.43. The van der Waals surface area contributed by atoms with Crippen molar-refractivity contribution >= 4 is 39.9 Å². The molecular weight excluding hydrogens is 312 g/mol. The molecule has 3 rings (SSSR count). The van der Waals surface area contributed by atoms with Gasteiger partial charge in [-0.3, -0.25) is 10.1 Å². The third kappa shape index (κ3) is 2.64. The summed E-state index contributed by atoms with van der Waals surface area (Å²) in [5.41, 5.74) is -0.113. The van der Waals surface area contributed by atoms with E-state index in [2.05, 4.69) is 10.3 Å². The standard InChI is InChI=1S/C14H11ClN2O3S/c1-14(12(19)17-13-16-4-5-21-13)7-8-2-3-9(15)6-10(8)11(18)20-14/h2-6H,7H2,1H3,(H,16,17,19)/t14-/m0/s1. The highest BCUT2D eigenvalue weighted by atomic mass is 35.5.